The number of allylic oxidation sites excluding steroid dienone is 1. The highest BCUT2D eigenvalue weighted by Crippen LogP contribution is 2.44. The van der Waals surface area contributed by atoms with E-state index in [1.54, 1.807) is 71.9 Å². The molecule has 0 bridgehead atoms. The smallest absolute Gasteiger partial charge is 0.316 e. The first-order chi connectivity index (χ1) is 18.9. The Morgan fingerprint density at radius 3 is 1.71 bits per heavy atom. The number of hydrogen-bond donors (Lipinski definition) is 0. The second kappa shape index (κ2) is 13.4. The summed E-state index contributed by atoms with van der Waals surface area (Å²) in [5.74, 6) is 0.203. The molecular weight excluding hydrogens is 520 g/mol. The lowest BCUT2D eigenvalue weighted by Gasteiger charge is -2.25. The lowest BCUT2D eigenvalue weighted by Crippen LogP contribution is -2.26. The highest BCUT2D eigenvalue weighted by molar-refractivity contribution is 6.10. The molecule has 7 nitrogen and oxygen atoms in total. The minimum Gasteiger partial charge on any atom is -0.493 e. The van der Waals surface area contributed by atoms with Crippen LogP contribution < -0.4 is 14.2 Å². The van der Waals surface area contributed by atoms with Gasteiger partial charge < -0.3 is 18.9 Å². The van der Waals surface area contributed by atoms with Crippen molar-refractivity contribution in [2.45, 2.75) is 88.0 Å². The SMILES string of the molecule is CCOc1c(C(C)C)cc(C(C)C)c(OC(=O)C(C)(C)C)c1C=C(OC)C(=O)c1ccc(OC(=O)C(C)(C)C)cc1. The molecule has 0 atom stereocenters. The van der Waals surface area contributed by atoms with Crippen LogP contribution in [-0.4, -0.2) is 31.4 Å². The fraction of sp³-hybridized carbons (Fsp3) is 0.500. The molecule has 0 saturated carbocycles. The van der Waals surface area contributed by atoms with E-state index in [1.165, 1.54) is 7.11 Å². The minimum atomic E-state index is -0.754. The van der Waals surface area contributed by atoms with Crippen LogP contribution >= 0.6 is 0 Å². The molecule has 0 unspecified atom stereocenters. The van der Waals surface area contributed by atoms with Gasteiger partial charge in [-0.3, -0.25) is 14.4 Å². The molecule has 41 heavy (non-hydrogen) atoms. The van der Waals surface area contributed by atoms with Gasteiger partial charge >= 0.3 is 11.9 Å². The van der Waals surface area contributed by atoms with Crippen molar-refractivity contribution in [2.75, 3.05) is 13.7 Å². The van der Waals surface area contributed by atoms with Crippen molar-refractivity contribution in [1.82, 2.24) is 0 Å². The number of methoxy groups -OCH3 is 1. The van der Waals surface area contributed by atoms with Gasteiger partial charge in [0.15, 0.2) is 5.76 Å². The van der Waals surface area contributed by atoms with Crippen molar-refractivity contribution in [2.24, 2.45) is 10.8 Å². The summed E-state index contributed by atoms with van der Waals surface area (Å²) in [6.07, 6.45) is 1.59. The summed E-state index contributed by atoms with van der Waals surface area (Å²) >= 11 is 0. The van der Waals surface area contributed by atoms with E-state index in [0.717, 1.165) is 11.1 Å². The van der Waals surface area contributed by atoms with Crippen molar-refractivity contribution in [3.8, 4) is 17.2 Å². The van der Waals surface area contributed by atoms with Crippen LogP contribution in [0.2, 0.25) is 0 Å². The molecule has 0 saturated heterocycles. The van der Waals surface area contributed by atoms with Crippen molar-refractivity contribution < 1.29 is 33.3 Å². The largest absolute Gasteiger partial charge is 0.493 e. The summed E-state index contributed by atoms with van der Waals surface area (Å²) in [5, 5.41) is 0. The molecule has 0 spiro atoms. The van der Waals surface area contributed by atoms with Crippen molar-refractivity contribution >= 4 is 23.8 Å². The van der Waals surface area contributed by atoms with E-state index < -0.39 is 22.6 Å². The third-order valence-electron chi connectivity index (χ3n) is 6.32. The lowest BCUT2D eigenvalue weighted by molar-refractivity contribution is -0.143. The van der Waals surface area contributed by atoms with Crippen LogP contribution in [0.4, 0.5) is 0 Å². The number of hydrogen-bond acceptors (Lipinski definition) is 7. The molecular formula is C34H46O7. The molecule has 2 aromatic carbocycles. The van der Waals surface area contributed by atoms with Gasteiger partial charge in [-0.05, 0) is 108 Å². The van der Waals surface area contributed by atoms with Crippen LogP contribution in [0.25, 0.3) is 6.08 Å². The molecule has 2 rings (SSSR count). The fourth-order valence-corrected chi connectivity index (χ4v) is 3.79. The molecule has 7 heteroatoms. The molecule has 0 amide bonds. The molecule has 224 valence electrons. The van der Waals surface area contributed by atoms with E-state index in [-0.39, 0.29) is 23.6 Å². The van der Waals surface area contributed by atoms with E-state index in [4.69, 9.17) is 18.9 Å². The Morgan fingerprint density at radius 1 is 0.780 bits per heavy atom. The van der Waals surface area contributed by atoms with E-state index in [0.29, 0.717) is 35.0 Å². The zero-order valence-corrected chi connectivity index (χ0v) is 26.7. The maximum absolute atomic E-state index is 13.6. The van der Waals surface area contributed by atoms with Gasteiger partial charge in [0.1, 0.15) is 17.2 Å². The summed E-state index contributed by atoms with van der Waals surface area (Å²) in [6.45, 7) is 21.1. The van der Waals surface area contributed by atoms with Gasteiger partial charge in [-0.15, -0.1) is 0 Å². The van der Waals surface area contributed by atoms with Gasteiger partial charge in [0.25, 0.3) is 0 Å². The Labute approximate surface area is 245 Å². The lowest BCUT2D eigenvalue weighted by atomic mass is 9.89. The molecule has 0 radical (unpaired) electrons. The third kappa shape index (κ3) is 8.44. The third-order valence-corrected chi connectivity index (χ3v) is 6.32. The average molecular weight is 567 g/mol. The van der Waals surface area contributed by atoms with Crippen LogP contribution in [0, 0.1) is 10.8 Å². The topological polar surface area (TPSA) is 88.1 Å². The Balaban J connectivity index is 2.74. The first-order valence-electron chi connectivity index (χ1n) is 14.1. The van der Waals surface area contributed by atoms with Gasteiger partial charge in [-0.2, -0.15) is 0 Å². The number of esters is 2. The molecule has 0 aliphatic carbocycles. The van der Waals surface area contributed by atoms with Crippen LogP contribution in [0.5, 0.6) is 17.2 Å². The molecule has 0 aromatic heterocycles. The Morgan fingerprint density at radius 2 is 1.27 bits per heavy atom. The maximum Gasteiger partial charge on any atom is 0.316 e. The highest BCUT2D eigenvalue weighted by atomic mass is 16.5. The molecule has 0 heterocycles. The monoisotopic (exact) mass is 566 g/mol. The predicted octanol–water partition coefficient (Wildman–Crippen LogP) is 8.11. The van der Waals surface area contributed by atoms with Gasteiger partial charge in [0.05, 0.1) is 30.1 Å². The Kier molecular flexibility index (Phi) is 11.0. The first kappa shape index (κ1) is 33.6. The van der Waals surface area contributed by atoms with Gasteiger partial charge in [-0.25, -0.2) is 0 Å². The Bertz CT molecular complexity index is 1280. The summed E-state index contributed by atoms with van der Waals surface area (Å²) in [4.78, 5) is 39.0. The first-order valence-corrected chi connectivity index (χ1v) is 14.1. The number of ketones is 1. The van der Waals surface area contributed by atoms with Crippen molar-refractivity contribution in [3.05, 3.63) is 58.3 Å². The number of Topliss-reactive ketones (excluding diaryl/α,β-unsaturated/α-hetero) is 1. The highest BCUT2D eigenvalue weighted by Gasteiger charge is 2.30. The van der Waals surface area contributed by atoms with Crippen LogP contribution in [0.3, 0.4) is 0 Å². The number of carbonyl (C=O) groups excluding carboxylic acids is 3. The standard InChI is InChI=1S/C34H46O7/c1-13-39-29-24(20(2)3)18-25(21(4)5)30(41-32(37)34(9,10)11)26(29)19-27(38-12)28(35)22-14-16-23(17-15-22)40-31(36)33(6,7)8/h14-21H,13H2,1-12H3. The molecule has 2 aromatic rings. The van der Waals surface area contributed by atoms with Crippen molar-refractivity contribution in [3.63, 3.8) is 0 Å². The van der Waals surface area contributed by atoms with E-state index in [2.05, 4.69) is 13.8 Å². The average Bonchev–Trinajstić information content (AvgIpc) is 2.87. The summed E-state index contributed by atoms with van der Waals surface area (Å²) < 4.78 is 23.2. The maximum atomic E-state index is 13.6. The zero-order valence-electron chi connectivity index (χ0n) is 26.7. The van der Waals surface area contributed by atoms with Crippen molar-refractivity contribution in [1.29, 1.82) is 0 Å². The van der Waals surface area contributed by atoms with E-state index in [1.807, 2.05) is 26.8 Å². The second-order valence-electron chi connectivity index (χ2n) is 12.7. The number of ether oxygens (including phenoxy) is 4. The zero-order chi connectivity index (χ0) is 31.3. The fourth-order valence-electron chi connectivity index (χ4n) is 3.79. The summed E-state index contributed by atoms with van der Waals surface area (Å²) in [7, 11) is 1.42. The summed E-state index contributed by atoms with van der Waals surface area (Å²) in [5.41, 5.74) is 1.16. The normalized spacial score (nSPS) is 12.4. The quantitative estimate of drug-likeness (QED) is 0.0943. The summed E-state index contributed by atoms with van der Waals surface area (Å²) in [6, 6.07) is 8.32. The molecule has 0 N–H and O–H groups in total. The molecule has 0 aliphatic rings. The van der Waals surface area contributed by atoms with Crippen LogP contribution in [-0.2, 0) is 14.3 Å². The van der Waals surface area contributed by atoms with E-state index in [9.17, 15) is 14.4 Å². The van der Waals surface area contributed by atoms with Gasteiger partial charge in [0.2, 0.25) is 5.78 Å². The predicted molar refractivity (Wildman–Crippen MR) is 162 cm³/mol. The number of carbonyl (C=O) groups is 3. The number of benzene rings is 2. The number of rotatable bonds is 10. The van der Waals surface area contributed by atoms with E-state index >= 15 is 0 Å². The molecule has 0 fully saturated rings. The molecule has 0 aliphatic heterocycles. The van der Waals surface area contributed by atoms with Crippen LogP contribution in [0.1, 0.15) is 115 Å². The van der Waals surface area contributed by atoms with Gasteiger partial charge in [0, 0.05) is 5.56 Å². The minimum absolute atomic E-state index is 0.0168. The van der Waals surface area contributed by atoms with Crippen LogP contribution in [0.15, 0.2) is 36.1 Å². The van der Waals surface area contributed by atoms with Gasteiger partial charge in [-0.1, -0.05) is 27.7 Å². The second-order valence-corrected chi connectivity index (χ2v) is 12.7. The Hall–Kier alpha value is -3.61.